The van der Waals surface area contributed by atoms with Crippen LogP contribution in [0.25, 0.3) is 0 Å². The molecular formula is C10H21N3O. The first-order valence-corrected chi connectivity index (χ1v) is 5.35. The lowest BCUT2D eigenvalue weighted by Gasteiger charge is -2.22. The van der Waals surface area contributed by atoms with E-state index in [0.29, 0.717) is 12.5 Å². The van der Waals surface area contributed by atoms with E-state index < -0.39 is 0 Å². The third-order valence-corrected chi connectivity index (χ3v) is 2.85. The fourth-order valence-corrected chi connectivity index (χ4v) is 1.81. The minimum absolute atomic E-state index is 0.142. The maximum absolute atomic E-state index is 11.0. The monoisotopic (exact) mass is 199 g/mol. The van der Waals surface area contributed by atoms with Gasteiger partial charge in [-0.1, -0.05) is 0 Å². The summed E-state index contributed by atoms with van der Waals surface area (Å²) in [5.74, 6) is 0.142. The van der Waals surface area contributed by atoms with Crippen LogP contribution < -0.4 is 10.6 Å². The van der Waals surface area contributed by atoms with Crippen molar-refractivity contribution in [2.24, 2.45) is 0 Å². The highest BCUT2D eigenvalue weighted by molar-refractivity contribution is 5.75. The van der Waals surface area contributed by atoms with Crippen molar-refractivity contribution in [1.29, 1.82) is 0 Å². The van der Waals surface area contributed by atoms with Crippen molar-refractivity contribution in [3.05, 3.63) is 0 Å². The van der Waals surface area contributed by atoms with Gasteiger partial charge in [-0.3, -0.25) is 4.79 Å². The van der Waals surface area contributed by atoms with Gasteiger partial charge >= 0.3 is 0 Å². The average molecular weight is 199 g/mol. The molecule has 1 atom stereocenters. The van der Waals surface area contributed by atoms with Gasteiger partial charge in [0.25, 0.3) is 0 Å². The molecule has 1 unspecified atom stereocenters. The molecule has 0 saturated carbocycles. The van der Waals surface area contributed by atoms with Gasteiger partial charge in [-0.2, -0.15) is 0 Å². The van der Waals surface area contributed by atoms with Gasteiger partial charge in [0.1, 0.15) is 0 Å². The average Bonchev–Trinajstić information content (AvgIpc) is 2.70. The molecule has 4 heteroatoms. The summed E-state index contributed by atoms with van der Waals surface area (Å²) in [6.45, 7) is 3.24. The van der Waals surface area contributed by atoms with Crippen LogP contribution in [0.15, 0.2) is 0 Å². The summed E-state index contributed by atoms with van der Waals surface area (Å²) in [7, 11) is 3.83. The molecule has 1 aliphatic heterocycles. The van der Waals surface area contributed by atoms with Gasteiger partial charge in [-0.15, -0.1) is 0 Å². The van der Waals surface area contributed by atoms with Crippen LogP contribution in [0, 0.1) is 0 Å². The Labute approximate surface area is 86.0 Å². The smallest absolute Gasteiger partial charge is 0.219 e. The minimum atomic E-state index is 0.142. The summed E-state index contributed by atoms with van der Waals surface area (Å²) in [4.78, 5) is 13.3. The van der Waals surface area contributed by atoms with Crippen molar-refractivity contribution < 1.29 is 4.79 Å². The largest absolute Gasteiger partial charge is 0.359 e. The van der Waals surface area contributed by atoms with E-state index >= 15 is 0 Å². The number of rotatable bonds is 5. The second-order valence-electron chi connectivity index (χ2n) is 3.90. The summed E-state index contributed by atoms with van der Waals surface area (Å²) in [6.07, 6.45) is 2.82. The molecule has 1 amide bonds. The summed E-state index contributed by atoms with van der Waals surface area (Å²) >= 11 is 0. The van der Waals surface area contributed by atoms with Gasteiger partial charge in [0.15, 0.2) is 0 Å². The topological polar surface area (TPSA) is 44.4 Å². The zero-order valence-corrected chi connectivity index (χ0v) is 9.18. The highest BCUT2D eigenvalue weighted by Crippen LogP contribution is 2.06. The lowest BCUT2D eigenvalue weighted by Crippen LogP contribution is -2.34. The molecule has 0 spiro atoms. The Morgan fingerprint density at radius 2 is 2.43 bits per heavy atom. The van der Waals surface area contributed by atoms with Crippen molar-refractivity contribution in [1.82, 2.24) is 15.5 Å². The molecule has 1 aliphatic rings. The Kier molecular flexibility index (Phi) is 4.90. The molecule has 1 fully saturated rings. The Morgan fingerprint density at radius 3 is 3.00 bits per heavy atom. The van der Waals surface area contributed by atoms with Gasteiger partial charge in [-0.25, -0.2) is 0 Å². The number of nitrogens with one attached hydrogen (secondary N) is 2. The lowest BCUT2D eigenvalue weighted by atomic mass is 10.2. The van der Waals surface area contributed by atoms with Crippen molar-refractivity contribution in [2.75, 3.05) is 33.7 Å². The lowest BCUT2D eigenvalue weighted by molar-refractivity contribution is -0.120. The molecule has 0 aliphatic carbocycles. The zero-order chi connectivity index (χ0) is 10.4. The van der Waals surface area contributed by atoms with E-state index in [-0.39, 0.29) is 5.91 Å². The van der Waals surface area contributed by atoms with Crippen LogP contribution in [0.2, 0.25) is 0 Å². The van der Waals surface area contributed by atoms with Crippen LogP contribution >= 0.6 is 0 Å². The standard InChI is InChI=1S/C10H21N3O/c1-11-10(14)4-3-7-13(2)9-5-6-12-8-9/h9,12H,3-8H2,1-2H3,(H,11,14). The predicted molar refractivity (Wildman–Crippen MR) is 57.2 cm³/mol. The van der Waals surface area contributed by atoms with Crippen molar-refractivity contribution in [3.63, 3.8) is 0 Å². The molecule has 0 aromatic rings. The Bertz CT molecular complexity index is 178. The van der Waals surface area contributed by atoms with E-state index in [0.717, 1.165) is 26.1 Å². The summed E-state index contributed by atoms with van der Waals surface area (Å²) in [5.41, 5.74) is 0. The van der Waals surface area contributed by atoms with Crippen LogP contribution in [0.4, 0.5) is 0 Å². The fraction of sp³-hybridized carbons (Fsp3) is 0.900. The Hall–Kier alpha value is -0.610. The molecular weight excluding hydrogens is 178 g/mol. The molecule has 0 bridgehead atoms. The van der Waals surface area contributed by atoms with Crippen molar-refractivity contribution >= 4 is 5.91 Å². The van der Waals surface area contributed by atoms with Crippen molar-refractivity contribution in [3.8, 4) is 0 Å². The summed E-state index contributed by atoms with van der Waals surface area (Å²) in [5, 5.41) is 5.98. The highest BCUT2D eigenvalue weighted by atomic mass is 16.1. The van der Waals surface area contributed by atoms with E-state index in [1.54, 1.807) is 7.05 Å². The second-order valence-corrected chi connectivity index (χ2v) is 3.90. The third-order valence-electron chi connectivity index (χ3n) is 2.85. The van der Waals surface area contributed by atoms with E-state index in [9.17, 15) is 4.79 Å². The summed E-state index contributed by atoms with van der Waals surface area (Å²) < 4.78 is 0. The Balaban J connectivity index is 2.08. The van der Waals surface area contributed by atoms with Gasteiger partial charge < -0.3 is 15.5 Å². The molecule has 1 saturated heterocycles. The van der Waals surface area contributed by atoms with E-state index in [4.69, 9.17) is 0 Å². The first-order chi connectivity index (χ1) is 6.74. The molecule has 4 nitrogen and oxygen atoms in total. The van der Waals surface area contributed by atoms with Gasteiger partial charge in [0, 0.05) is 26.1 Å². The van der Waals surface area contributed by atoms with E-state index in [2.05, 4.69) is 22.6 Å². The number of hydrogen-bond acceptors (Lipinski definition) is 3. The van der Waals surface area contributed by atoms with Crippen molar-refractivity contribution in [2.45, 2.75) is 25.3 Å². The minimum Gasteiger partial charge on any atom is -0.359 e. The molecule has 14 heavy (non-hydrogen) atoms. The SMILES string of the molecule is CNC(=O)CCCN(C)C1CCNC1. The van der Waals surface area contributed by atoms with Crippen LogP contribution in [0.1, 0.15) is 19.3 Å². The number of carbonyl (C=O) groups excluding carboxylic acids is 1. The molecule has 0 aromatic carbocycles. The van der Waals surface area contributed by atoms with E-state index in [1.807, 2.05) is 0 Å². The molecule has 82 valence electrons. The maximum atomic E-state index is 11.0. The van der Waals surface area contributed by atoms with Gasteiger partial charge in [0.05, 0.1) is 0 Å². The molecule has 2 N–H and O–H groups in total. The van der Waals surface area contributed by atoms with Gasteiger partial charge in [-0.05, 0) is 33.0 Å². The van der Waals surface area contributed by atoms with Gasteiger partial charge in [0.2, 0.25) is 5.91 Å². The van der Waals surface area contributed by atoms with Crippen LogP contribution in [-0.2, 0) is 4.79 Å². The summed E-state index contributed by atoms with van der Waals surface area (Å²) in [6, 6.07) is 0.666. The van der Waals surface area contributed by atoms with Crippen LogP contribution in [-0.4, -0.2) is 50.6 Å². The highest BCUT2D eigenvalue weighted by Gasteiger charge is 2.18. The fourth-order valence-electron chi connectivity index (χ4n) is 1.81. The number of carbonyl (C=O) groups is 1. The number of likely N-dealkylation sites (N-methyl/N-ethyl adjacent to an activating group) is 1. The number of hydrogen-bond donors (Lipinski definition) is 2. The maximum Gasteiger partial charge on any atom is 0.219 e. The Morgan fingerprint density at radius 1 is 1.64 bits per heavy atom. The number of amides is 1. The predicted octanol–water partition coefficient (Wildman–Crippen LogP) is -0.194. The van der Waals surface area contributed by atoms with Crippen LogP contribution in [0.5, 0.6) is 0 Å². The van der Waals surface area contributed by atoms with Crippen LogP contribution in [0.3, 0.4) is 0 Å². The molecule has 1 rings (SSSR count). The van der Waals surface area contributed by atoms with E-state index in [1.165, 1.54) is 6.42 Å². The molecule has 0 aromatic heterocycles. The number of nitrogens with zero attached hydrogens (tertiary/aromatic N) is 1. The first-order valence-electron chi connectivity index (χ1n) is 5.35. The molecule has 1 heterocycles. The normalized spacial score (nSPS) is 21.5. The third kappa shape index (κ3) is 3.64. The first kappa shape index (κ1) is 11.5. The molecule has 0 radical (unpaired) electrons. The zero-order valence-electron chi connectivity index (χ0n) is 9.18. The second kappa shape index (κ2) is 5.98. The quantitative estimate of drug-likeness (QED) is 0.645.